The number of rotatable bonds is 10. The summed E-state index contributed by atoms with van der Waals surface area (Å²) in [5.41, 5.74) is 11.3. The van der Waals surface area contributed by atoms with Gasteiger partial charge in [-0.3, -0.25) is 0 Å². The summed E-state index contributed by atoms with van der Waals surface area (Å²) in [4.78, 5) is 0. The van der Waals surface area contributed by atoms with E-state index in [0.29, 0.717) is 12.1 Å². The maximum atomic E-state index is 5.67. The van der Waals surface area contributed by atoms with Crippen molar-refractivity contribution in [2.24, 2.45) is 11.5 Å². The second-order valence-corrected chi connectivity index (χ2v) is 4.70. The van der Waals surface area contributed by atoms with Crippen LogP contribution in [0.1, 0.15) is 52.4 Å². The monoisotopic (exact) mass is 215 g/mol. The van der Waals surface area contributed by atoms with E-state index in [9.17, 15) is 0 Å². The summed E-state index contributed by atoms with van der Waals surface area (Å²) >= 11 is 0. The molecule has 0 saturated carbocycles. The van der Waals surface area contributed by atoms with Crippen LogP contribution in [0.2, 0.25) is 0 Å². The molecule has 0 radical (unpaired) electrons. The lowest BCUT2D eigenvalue weighted by Crippen LogP contribution is -2.19. The van der Waals surface area contributed by atoms with Gasteiger partial charge in [0.25, 0.3) is 0 Å². The van der Waals surface area contributed by atoms with E-state index >= 15 is 0 Å². The molecule has 0 amide bonds. The van der Waals surface area contributed by atoms with E-state index < -0.39 is 0 Å². The van der Waals surface area contributed by atoms with Crippen molar-refractivity contribution in [1.82, 2.24) is 5.32 Å². The zero-order valence-electron chi connectivity index (χ0n) is 10.5. The van der Waals surface area contributed by atoms with Gasteiger partial charge in [0.15, 0.2) is 0 Å². The molecule has 0 aromatic heterocycles. The highest BCUT2D eigenvalue weighted by Crippen LogP contribution is 1.98. The lowest BCUT2D eigenvalue weighted by molar-refractivity contribution is 0.535. The zero-order chi connectivity index (χ0) is 11.5. The summed E-state index contributed by atoms with van der Waals surface area (Å²) in [7, 11) is 0. The molecule has 0 rings (SSSR count). The molecule has 0 aromatic carbocycles. The summed E-state index contributed by atoms with van der Waals surface area (Å²) < 4.78 is 0. The minimum atomic E-state index is 0.357. The van der Waals surface area contributed by atoms with Gasteiger partial charge in [-0.05, 0) is 52.6 Å². The number of nitrogens with one attached hydrogen (secondary N) is 1. The summed E-state index contributed by atoms with van der Waals surface area (Å²) in [6, 6.07) is 0.715. The fourth-order valence-corrected chi connectivity index (χ4v) is 1.56. The third-order valence-electron chi connectivity index (χ3n) is 2.53. The molecule has 0 bridgehead atoms. The van der Waals surface area contributed by atoms with Crippen molar-refractivity contribution < 1.29 is 0 Å². The molecule has 3 heteroatoms. The van der Waals surface area contributed by atoms with Crippen LogP contribution in [-0.4, -0.2) is 25.2 Å². The Labute approximate surface area is 95.0 Å². The molecule has 15 heavy (non-hydrogen) atoms. The van der Waals surface area contributed by atoms with Gasteiger partial charge in [0, 0.05) is 12.1 Å². The Morgan fingerprint density at radius 3 is 1.53 bits per heavy atom. The standard InChI is InChI=1S/C12H29N3/c1-11(13)7-3-5-9-15-10-6-4-8-12(2)14/h11-12,15H,3-10,13-14H2,1-2H3. The molecule has 5 N–H and O–H groups in total. The van der Waals surface area contributed by atoms with Gasteiger partial charge in [0.2, 0.25) is 0 Å². The normalized spacial score (nSPS) is 15.2. The van der Waals surface area contributed by atoms with Crippen molar-refractivity contribution >= 4 is 0 Å². The van der Waals surface area contributed by atoms with Crippen LogP contribution in [0.15, 0.2) is 0 Å². The maximum absolute atomic E-state index is 5.67. The van der Waals surface area contributed by atoms with Crippen LogP contribution in [0, 0.1) is 0 Å². The highest BCUT2D eigenvalue weighted by Gasteiger charge is 1.95. The van der Waals surface area contributed by atoms with Crippen LogP contribution in [0.3, 0.4) is 0 Å². The fourth-order valence-electron chi connectivity index (χ4n) is 1.56. The third-order valence-corrected chi connectivity index (χ3v) is 2.53. The number of nitrogens with two attached hydrogens (primary N) is 2. The Hall–Kier alpha value is -0.120. The summed E-state index contributed by atoms with van der Waals surface area (Å²) in [6.07, 6.45) is 7.26. The molecule has 2 unspecified atom stereocenters. The van der Waals surface area contributed by atoms with Crippen molar-refractivity contribution in [3.63, 3.8) is 0 Å². The van der Waals surface area contributed by atoms with Gasteiger partial charge in [-0.1, -0.05) is 12.8 Å². The topological polar surface area (TPSA) is 64.1 Å². The molecule has 0 aliphatic heterocycles. The zero-order valence-corrected chi connectivity index (χ0v) is 10.5. The molecule has 3 nitrogen and oxygen atoms in total. The van der Waals surface area contributed by atoms with Crippen molar-refractivity contribution in [3.05, 3.63) is 0 Å². The van der Waals surface area contributed by atoms with E-state index in [2.05, 4.69) is 19.2 Å². The van der Waals surface area contributed by atoms with E-state index in [1.807, 2.05) is 0 Å². The van der Waals surface area contributed by atoms with Crippen LogP contribution in [0.25, 0.3) is 0 Å². The second kappa shape index (κ2) is 10.4. The predicted molar refractivity (Wildman–Crippen MR) is 67.9 cm³/mol. The van der Waals surface area contributed by atoms with Gasteiger partial charge in [-0.15, -0.1) is 0 Å². The van der Waals surface area contributed by atoms with Gasteiger partial charge in [0.05, 0.1) is 0 Å². The van der Waals surface area contributed by atoms with E-state index in [4.69, 9.17) is 11.5 Å². The average Bonchev–Trinajstić information content (AvgIpc) is 2.14. The van der Waals surface area contributed by atoms with Crippen LogP contribution in [0.5, 0.6) is 0 Å². The quantitative estimate of drug-likeness (QED) is 0.485. The minimum Gasteiger partial charge on any atom is -0.328 e. The molecule has 0 aliphatic rings. The summed E-state index contributed by atoms with van der Waals surface area (Å²) in [5, 5.41) is 3.45. The molecule has 0 spiro atoms. The lowest BCUT2D eigenvalue weighted by atomic mass is 10.1. The first-order valence-electron chi connectivity index (χ1n) is 6.34. The van der Waals surface area contributed by atoms with Crippen LogP contribution in [-0.2, 0) is 0 Å². The largest absolute Gasteiger partial charge is 0.328 e. The molecule has 0 aromatic rings. The Kier molecular flexibility index (Phi) is 10.3. The van der Waals surface area contributed by atoms with Crippen molar-refractivity contribution in [1.29, 1.82) is 0 Å². The van der Waals surface area contributed by atoms with Gasteiger partial charge in [0.1, 0.15) is 0 Å². The first-order chi connectivity index (χ1) is 7.13. The predicted octanol–water partition coefficient (Wildman–Crippen LogP) is 1.61. The van der Waals surface area contributed by atoms with Crippen molar-refractivity contribution in [2.75, 3.05) is 13.1 Å². The molecule has 92 valence electrons. The van der Waals surface area contributed by atoms with E-state index in [-0.39, 0.29) is 0 Å². The van der Waals surface area contributed by atoms with Crippen LogP contribution >= 0.6 is 0 Å². The van der Waals surface area contributed by atoms with E-state index in [1.165, 1.54) is 25.7 Å². The van der Waals surface area contributed by atoms with E-state index in [0.717, 1.165) is 25.9 Å². The summed E-state index contributed by atoms with van der Waals surface area (Å²) in [6.45, 7) is 6.40. The Bertz CT molecular complexity index is 110. The average molecular weight is 215 g/mol. The SMILES string of the molecule is CC(N)CCCCNCCCCC(C)N. The number of hydrogen-bond donors (Lipinski definition) is 3. The molecule has 0 fully saturated rings. The Balaban J connectivity index is 2.93. The van der Waals surface area contributed by atoms with Gasteiger partial charge in [-0.25, -0.2) is 0 Å². The highest BCUT2D eigenvalue weighted by atomic mass is 14.8. The van der Waals surface area contributed by atoms with Gasteiger partial charge >= 0.3 is 0 Å². The fraction of sp³-hybridized carbons (Fsp3) is 1.00. The van der Waals surface area contributed by atoms with Gasteiger partial charge in [-0.2, -0.15) is 0 Å². The maximum Gasteiger partial charge on any atom is 0.00104 e. The smallest absolute Gasteiger partial charge is 0.00104 e. The molecule has 0 saturated heterocycles. The van der Waals surface area contributed by atoms with Crippen LogP contribution in [0.4, 0.5) is 0 Å². The molecule has 2 atom stereocenters. The Morgan fingerprint density at radius 1 is 0.800 bits per heavy atom. The highest BCUT2D eigenvalue weighted by molar-refractivity contribution is 4.57. The molecular weight excluding hydrogens is 186 g/mol. The first-order valence-corrected chi connectivity index (χ1v) is 6.34. The van der Waals surface area contributed by atoms with Gasteiger partial charge < -0.3 is 16.8 Å². The number of unbranched alkanes of at least 4 members (excludes halogenated alkanes) is 2. The molecule has 0 aliphatic carbocycles. The third kappa shape index (κ3) is 13.9. The minimum absolute atomic E-state index is 0.357. The Morgan fingerprint density at radius 2 is 1.20 bits per heavy atom. The van der Waals surface area contributed by atoms with E-state index in [1.54, 1.807) is 0 Å². The van der Waals surface area contributed by atoms with Crippen molar-refractivity contribution in [3.8, 4) is 0 Å². The first kappa shape index (κ1) is 14.9. The molecular formula is C12H29N3. The lowest BCUT2D eigenvalue weighted by Gasteiger charge is -2.07. The van der Waals surface area contributed by atoms with Crippen molar-refractivity contribution in [2.45, 2.75) is 64.5 Å². The van der Waals surface area contributed by atoms with Crippen LogP contribution < -0.4 is 16.8 Å². The molecule has 0 heterocycles. The second-order valence-electron chi connectivity index (χ2n) is 4.70. The summed E-state index contributed by atoms with van der Waals surface area (Å²) in [5.74, 6) is 0. The number of hydrogen-bond acceptors (Lipinski definition) is 3.